The minimum absolute atomic E-state index is 0.0198. The molecule has 0 saturated carbocycles. The minimum Gasteiger partial charge on any atom is -0.502 e. The predicted molar refractivity (Wildman–Crippen MR) is 68.8 cm³/mol. The molecule has 0 aliphatic heterocycles. The van der Waals surface area contributed by atoms with Gasteiger partial charge < -0.3 is 9.84 Å². The quantitative estimate of drug-likeness (QED) is 0.858. The van der Waals surface area contributed by atoms with Crippen LogP contribution in [0.4, 0.5) is 4.39 Å². The number of ketones is 1. The van der Waals surface area contributed by atoms with Crippen LogP contribution in [0.2, 0.25) is 0 Å². The van der Waals surface area contributed by atoms with Gasteiger partial charge >= 0.3 is 0 Å². The molecule has 0 amide bonds. The molecule has 4 heteroatoms. The molecule has 2 aromatic rings. The molecular formula is C15H13FO3. The molecule has 1 N–H and O–H groups in total. The van der Waals surface area contributed by atoms with Crippen molar-refractivity contribution in [3.8, 4) is 11.5 Å². The highest BCUT2D eigenvalue weighted by Crippen LogP contribution is 2.31. The number of carbonyl (C=O) groups is 1. The average Bonchev–Trinajstić information content (AvgIpc) is 2.41. The molecule has 0 heterocycles. The smallest absolute Gasteiger partial charge is 0.195 e. The van der Waals surface area contributed by atoms with Crippen molar-refractivity contribution >= 4 is 5.78 Å². The monoisotopic (exact) mass is 260 g/mol. The molecule has 2 rings (SSSR count). The average molecular weight is 260 g/mol. The zero-order valence-electron chi connectivity index (χ0n) is 10.4. The lowest BCUT2D eigenvalue weighted by atomic mass is 10.1. The molecule has 0 radical (unpaired) electrons. The molecule has 2 aromatic carbocycles. The Morgan fingerprint density at radius 2 is 1.89 bits per heavy atom. The summed E-state index contributed by atoms with van der Waals surface area (Å²) in [6.07, 6.45) is 0. The first-order chi connectivity index (χ1) is 9.09. The highest BCUT2D eigenvalue weighted by Gasteiger charge is 2.16. The van der Waals surface area contributed by atoms with Crippen LogP contribution in [-0.4, -0.2) is 10.9 Å². The van der Waals surface area contributed by atoms with Crippen molar-refractivity contribution in [3.63, 3.8) is 0 Å². The zero-order chi connectivity index (χ0) is 13.8. The number of Topliss-reactive ketones (excluding diaryl/α,β-unsaturated/α-hetero) is 1. The normalized spacial score (nSPS) is 10.2. The molecule has 0 spiro atoms. The molecule has 0 bridgehead atoms. The largest absolute Gasteiger partial charge is 0.502 e. The topological polar surface area (TPSA) is 46.5 Å². The number of ether oxygens (including phenoxy) is 1. The maximum absolute atomic E-state index is 13.7. The second-order valence-corrected chi connectivity index (χ2v) is 4.10. The van der Waals surface area contributed by atoms with Gasteiger partial charge in [-0.2, -0.15) is 0 Å². The van der Waals surface area contributed by atoms with Crippen molar-refractivity contribution < 1.29 is 19.0 Å². The maximum Gasteiger partial charge on any atom is 0.195 e. The van der Waals surface area contributed by atoms with Crippen molar-refractivity contribution in [2.24, 2.45) is 0 Å². The fourth-order valence-electron chi connectivity index (χ4n) is 1.67. The summed E-state index contributed by atoms with van der Waals surface area (Å²) < 4.78 is 19.0. The fraction of sp³-hybridized carbons (Fsp3) is 0.133. The van der Waals surface area contributed by atoms with Crippen molar-refractivity contribution in [1.82, 2.24) is 0 Å². The van der Waals surface area contributed by atoms with Crippen LogP contribution < -0.4 is 4.74 Å². The Morgan fingerprint density at radius 3 is 2.53 bits per heavy atom. The van der Waals surface area contributed by atoms with E-state index < -0.39 is 17.3 Å². The molecule has 0 aliphatic carbocycles. The van der Waals surface area contributed by atoms with Gasteiger partial charge in [-0.15, -0.1) is 0 Å². The van der Waals surface area contributed by atoms with Crippen LogP contribution >= 0.6 is 0 Å². The standard InChI is InChI=1S/C15H13FO3/c1-10(17)12-7-8-13(15(18)14(12)16)19-9-11-5-3-2-4-6-11/h2-8,18H,9H2,1H3. The zero-order valence-corrected chi connectivity index (χ0v) is 10.4. The van der Waals surface area contributed by atoms with E-state index in [-0.39, 0.29) is 17.9 Å². The van der Waals surface area contributed by atoms with Crippen LogP contribution in [0.1, 0.15) is 22.8 Å². The minimum atomic E-state index is -0.946. The fourth-order valence-corrected chi connectivity index (χ4v) is 1.67. The number of hydrogen-bond donors (Lipinski definition) is 1. The summed E-state index contributed by atoms with van der Waals surface area (Å²) in [5, 5.41) is 9.65. The maximum atomic E-state index is 13.7. The van der Waals surface area contributed by atoms with Gasteiger partial charge in [0.15, 0.2) is 23.1 Å². The summed E-state index contributed by atoms with van der Waals surface area (Å²) in [6, 6.07) is 12.0. The highest BCUT2D eigenvalue weighted by molar-refractivity contribution is 5.95. The molecule has 0 atom stereocenters. The third-order valence-electron chi connectivity index (χ3n) is 2.70. The molecule has 0 unspecified atom stereocenters. The number of hydrogen-bond acceptors (Lipinski definition) is 3. The number of rotatable bonds is 4. The van der Waals surface area contributed by atoms with Gasteiger partial charge in [-0.1, -0.05) is 30.3 Å². The molecule has 0 aliphatic rings. The van der Waals surface area contributed by atoms with E-state index in [4.69, 9.17) is 4.74 Å². The van der Waals surface area contributed by atoms with Gasteiger partial charge in [0.2, 0.25) is 0 Å². The lowest BCUT2D eigenvalue weighted by molar-refractivity contribution is 0.101. The van der Waals surface area contributed by atoms with Crippen LogP contribution in [-0.2, 0) is 6.61 Å². The van der Waals surface area contributed by atoms with Crippen molar-refractivity contribution in [3.05, 3.63) is 59.4 Å². The third-order valence-corrected chi connectivity index (χ3v) is 2.70. The van der Waals surface area contributed by atoms with E-state index in [1.165, 1.54) is 19.1 Å². The van der Waals surface area contributed by atoms with Gasteiger partial charge in [0.25, 0.3) is 0 Å². The van der Waals surface area contributed by atoms with Gasteiger partial charge in [0.05, 0.1) is 5.56 Å². The number of aromatic hydroxyl groups is 1. The molecule has 0 fully saturated rings. The van der Waals surface area contributed by atoms with E-state index in [1.807, 2.05) is 30.3 Å². The van der Waals surface area contributed by atoms with Crippen molar-refractivity contribution in [2.45, 2.75) is 13.5 Å². The number of halogens is 1. The Bertz CT molecular complexity index is 594. The van der Waals surface area contributed by atoms with Gasteiger partial charge in [0.1, 0.15) is 6.61 Å². The van der Waals surface area contributed by atoms with E-state index in [9.17, 15) is 14.3 Å². The molecule has 0 aromatic heterocycles. The first kappa shape index (κ1) is 13.1. The Hall–Kier alpha value is -2.36. The summed E-state index contributed by atoms with van der Waals surface area (Å²) in [7, 11) is 0. The lowest BCUT2D eigenvalue weighted by Gasteiger charge is -2.10. The molecule has 3 nitrogen and oxygen atoms in total. The van der Waals surface area contributed by atoms with Crippen LogP contribution in [0.3, 0.4) is 0 Å². The van der Waals surface area contributed by atoms with Crippen LogP contribution in [0.5, 0.6) is 11.5 Å². The third kappa shape index (κ3) is 2.91. The van der Waals surface area contributed by atoms with E-state index in [0.29, 0.717) is 0 Å². The predicted octanol–water partition coefficient (Wildman–Crippen LogP) is 3.31. The number of benzene rings is 2. The van der Waals surface area contributed by atoms with E-state index >= 15 is 0 Å². The van der Waals surface area contributed by atoms with Crippen LogP contribution in [0.15, 0.2) is 42.5 Å². The molecule has 0 saturated heterocycles. The van der Waals surface area contributed by atoms with Gasteiger partial charge in [-0.25, -0.2) is 4.39 Å². The first-order valence-electron chi connectivity index (χ1n) is 5.78. The van der Waals surface area contributed by atoms with Gasteiger partial charge in [-0.05, 0) is 24.6 Å². The number of phenolic OH excluding ortho intramolecular Hbond substituents is 1. The summed E-state index contributed by atoms with van der Waals surface area (Å²) in [4.78, 5) is 11.1. The van der Waals surface area contributed by atoms with E-state index in [0.717, 1.165) is 5.56 Å². The highest BCUT2D eigenvalue weighted by atomic mass is 19.1. The molecular weight excluding hydrogens is 247 g/mol. The number of phenols is 1. The summed E-state index contributed by atoms with van der Waals surface area (Å²) >= 11 is 0. The lowest BCUT2D eigenvalue weighted by Crippen LogP contribution is -2.00. The van der Waals surface area contributed by atoms with Crippen LogP contribution in [0, 0.1) is 5.82 Å². The molecule has 98 valence electrons. The van der Waals surface area contributed by atoms with Gasteiger partial charge in [-0.3, -0.25) is 4.79 Å². The van der Waals surface area contributed by atoms with E-state index in [2.05, 4.69) is 0 Å². The van der Waals surface area contributed by atoms with Gasteiger partial charge in [0, 0.05) is 0 Å². The Balaban J connectivity index is 2.18. The molecule has 19 heavy (non-hydrogen) atoms. The summed E-state index contributed by atoms with van der Waals surface area (Å²) in [5.74, 6) is -2.00. The SMILES string of the molecule is CC(=O)c1ccc(OCc2ccccc2)c(O)c1F. The number of carbonyl (C=O) groups excluding carboxylic acids is 1. The Labute approximate surface area is 110 Å². The summed E-state index contributed by atoms with van der Waals surface area (Å²) in [5.41, 5.74) is 0.752. The van der Waals surface area contributed by atoms with Crippen LogP contribution in [0.25, 0.3) is 0 Å². The van der Waals surface area contributed by atoms with Crippen molar-refractivity contribution in [2.75, 3.05) is 0 Å². The van der Waals surface area contributed by atoms with E-state index in [1.54, 1.807) is 0 Å². The first-order valence-corrected chi connectivity index (χ1v) is 5.78. The van der Waals surface area contributed by atoms with Crippen molar-refractivity contribution in [1.29, 1.82) is 0 Å². The second-order valence-electron chi connectivity index (χ2n) is 4.10. The summed E-state index contributed by atoms with van der Waals surface area (Å²) in [6.45, 7) is 1.45. The Morgan fingerprint density at radius 1 is 1.21 bits per heavy atom. The second kappa shape index (κ2) is 5.52. The Kier molecular flexibility index (Phi) is 3.80.